The highest BCUT2D eigenvalue weighted by Crippen LogP contribution is 2.19. The second-order valence-electron chi connectivity index (χ2n) is 3.37. The average molecular weight is 325 g/mol. The van der Waals surface area contributed by atoms with Crippen LogP contribution in [0.3, 0.4) is 0 Å². The van der Waals surface area contributed by atoms with Crippen LogP contribution in [0.15, 0.2) is 22.7 Å². The quantitative estimate of drug-likeness (QED) is 0.837. The van der Waals surface area contributed by atoms with E-state index in [-0.39, 0.29) is 11.3 Å². The van der Waals surface area contributed by atoms with E-state index in [1.54, 1.807) is 18.2 Å². The molecule has 0 radical (unpaired) electrons. The number of benzene rings is 1. The number of carbonyl (C=O) groups is 1. The van der Waals surface area contributed by atoms with Crippen molar-refractivity contribution in [3.63, 3.8) is 0 Å². The van der Waals surface area contributed by atoms with E-state index in [9.17, 15) is 4.79 Å². The van der Waals surface area contributed by atoms with Gasteiger partial charge in [-0.05, 0) is 24.6 Å². The minimum absolute atomic E-state index is 0.0356. The number of carbonyl (C=O) groups excluding carboxylic acids is 1. The Morgan fingerprint density at radius 2 is 2.19 bits per heavy atom. The number of amides is 1. The first kappa shape index (κ1) is 13.8. The summed E-state index contributed by atoms with van der Waals surface area (Å²) < 4.78 is 0.781. The number of rotatable bonds is 4. The molecule has 0 aromatic heterocycles. The summed E-state index contributed by atoms with van der Waals surface area (Å²) in [6.45, 7) is 2.43. The van der Waals surface area contributed by atoms with Crippen LogP contribution in [-0.2, 0) is 0 Å². The number of hydrogen-bond acceptors (Lipinski definition) is 1. The zero-order chi connectivity index (χ0) is 12.1. The lowest BCUT2D eigenvalue weighted by Gasteiger charge is -2.09. The second-order valence-corrected chi connectivity index (χ2v) is 5.34. The van der Waals surface area contributed by atoms with Gasteiger partial charge in [-0.15, -0.1) is 11.6 Å². The molecule has 0 aliphatic carbocycles. The lowest BCUT2D eigenvalue weighted by Crippen LogP contribution is -2.29. The van der Waals surface area contributed by atoms with Crippen LogP contribution >= 0.6 is 39.1 Å². The summed E-state index contributed by atoms with van der Waals surface area (Å²) in [5.41, 5.74) is 0.527. The molecular weight excluding hydrogens is 313 g/mol. The smallest absolute Gasteiger partial charge is 0.251 e. The Labute approximate surface area is 113 Å². The molecule has 0 saturated carbocycles. The van der Waals surface area contributed by atoms with Gasteiger partial charge in [-0.2, -0.15) is 0 Å². The minimum atomic E-state index is -0.165. The Morgan fingerprint density at radius 3 is 2.75 bits per heavy atom. The third kappa shape index (κ3) is 4.32. The zero-order valence-electron chi connectivity index (χ0n) is 8.77. The molecule has 88 valence electrons. The van der Waals surface area contributed by atoms with Crippen LogP contribution in [-0.4, -0.2) is 17.8 Å². The summed E-state index contributed by atoms with van der Waals surface area (Å²) in [6, 6.07) is 5.07. The third-order valence-electron chi connectivity index (χ3n) is 2.05. The number of nitrogens with one attached hydrogen (secondary N) is 1. The van der Waals surface area contributed by atoms with Gasteiger partial charge in [-0.3, -0.25) is 4.79 Å². The van der Waals surface area contributed by atoms with Gasteiger partial charge >= 0.3 is 0 Å². The van der Waals surface area contributed by atoms with Crippen molar-refractivity contribution in [2.24, 2.45) is 0 Å². The predicted molar refractivity (Wildman–Crippen MR) is 71.4 cm³/mol. The monoisotopic (exact) mass is 323 g/mol. The first-order valence-electron chi connectivity index (χ1n) is 4.91. The van der Waals surface area contributed by atoms with Crippen LogP contribution in [0, 0.1) is 0 Å². The van der Waals surface area contributed by atoms with E-state index in [2.05, 4.69) is 21.2 Å². The molecule has 0 bridgehead atoms. The molecule has 2 nitrogen and oxygen atoms in total. The maximum absolute atomic E-state index is 11.7. The van der Waals surface area contributed by atoms with Crippen LogP contribution in [0.25, 0.3) is 0 Å². The van der Waals surface area contributed by atoms with E-state index in [0.717, 1.165) is 10.9 Å². The van der Waals surface area contributed by atoms with Crippen molar-refractivity contribution >= 4 is 45.0 Å². The van der Waals surface area contributed by atoms with Crippen molar-refractivity contribution in [3.8, 4) is 0 Å². The molecule has 5 heteroatoms. The fourth-order valence-electron chi connectivity index (χ4n) is 1.13. The highest BCUT2D eigenvalue weighted by Gasteiger charge is 2.09. The fraction of sp³-hybridized carbons (Fsp3) is 0.364. The maximum Gasteiger partial charge on any atom is 0.251 e. The zero-order valence-corrected chi connectivity index (χ0v) is 11.9. The number of halogens is 3. The Kier molecular flexibility index (Phi) is 5.59. The topological polar surface area (TPSA) is 29.1 Å². The molecular formula is C11H12BrCl2NO. The van der Waals surface area contributed by atoms with Crippen molar-refractivity contribution in [2.45, 2.75) is 18.7 Å². The number of hydrogen-bond donors (Lipinski definition) is 1. The van der Waals surface area contributed by atoms with Gasteiger partial charge in [0.15, 0.2) is 0 Å². The standard InChI is InChI=1S/C11H12BrCl2NO/c1-2-9(13)6-15-11(16)7-3-8(12)5-10(14)4-7/h3-5,9H,2,6H2,1H3,(H,15,16). The molecule has 1 N–H and O–H groups in total. The molecule has 1 rings (SSSR count). The van der Waals surface area contributed by atoms with Crippen LogP contribution in [0.5, 0.6) is 0 Å². The van der Waals surface area contributed by atoms with Crippen LogP contribution < -0.4 is 5.32 Å². The molecule has 16 heavy (non-hydrogen) atoms. The molecule has 1 amide bonds. The van der Waals surface area contributed by atoms with Crippen LogP contribution in [0.4, 0.5) is 0 Å². The van der Waals surface area contributed by atoms with Crippen molar-refractivity contribution < 1.29 is 4.79 Å². The molecule has 0 aliphatic rings. The van der Waals surface area contributed by atoms with Gasteiger partial charge in [0.2, 0.25) is 0 Å². The van der Waals surface area contributed by atoms with Gasteiger partial charge in [0.1, 0.15) is 0 Å². The Hall–Kier alpha value is -0.250. The summed E-state index contributed by atoms with van der Waals surface area (Å²) >= 11 is 15.0. The first-order valence-corrected chi connectivity index (χ1v) is 6.52. The van der Waals surface area contributed by atoms with Crippen LogP contribution in [0.2, 0.25) is 5.02 Å². The molecule has 1 unspecified atom stereocenters. The van der Waals surface area contributed by atoms with Gasteiger partial charge < -0.3 is 5.32 Å². The van der Waals surface area contributed by atoms with E-state index in [4.69, 9.17) is 23.2 Å². The summed E-state index contributed by atoms with van der Waals surface area (Å²) in [6.07, 6.45) is 0.821. The molecule has 1 aromatic carbocycles. The average Bonchev–Trinajstić information content (AvgIpc) is 2.23. The summed E-state index contributed by atoms with van der Waals surface area (Å²) in [5.74, 6) is -0.165. The van der Waals surface area contributed by atoms with Gasteiger partial charge in [-0.1, -0.05) is 34.5 Å². The van der Waals surface area contributed by atoms with Gasteiger partial charge in [0.05, 0.1) is 5.38 Å². The Balaban J connectivity index is 2.66. The van der Waals surface area contributed by atoms with Crippen molar-refractivity contribution in [3.05, 3.63) is 33.3 Å². The second kappa shape index (κ2) is 6.48. The lowest BCUT2D eigenvalue weighted by molar-refractivity contribution is 0.0953. The van der Waals surface area contributed by atoms with E-state index < -0.39 is 0 Å². The molecule has 1 atom stereocenters. The van der Waals surface area contributed by atoms with Crippen molar-refractivity contribution in [2.75, 3.05) is 6.54 Å². The summed E-state index contributed by atoms with van der Waals surface area (Å²) in [4.78, 5) is 11.7. The molecule has 0 spiro atoms. The van der Waals surface area contributed by atoms with E-state index >= 15 is 0 Å². The summed E-state index contributed by atoms with van der Waals surface area (Å²) in [5, 5.41) is 3.24. The van der Waals surface area contributed by atoms with Gasteiger partial charge in [0, 0.05) is 21.6 Å². The Bertz CT molecular complexity index is 364. The maximum atomic E-state index is 11.7. The third-order valence-corrected chi connectivity index (χ3v) is 3.19. The SMILES string of the molecule is CCC(Cl)CNC(=O)c1cc(Cl)cc(Br)c1. The Morgan fingerprint density at radius 1 is 1.50 bits per heavy atom. The van der Waals surface area contributed by atoms with Crippen LogP contribution in [0.1, 0.15) is 23.7 Å². The fourth-order valence-corrected chi connectivity index (χ4v) is 2.07. The largest absolute Gasteiger partial charge is 0.351 e. The highest BCUT2D eigenvalue weighted by atomic mass is 79.9. The molecule has 1 aromatic rings. The van der Waals surface area contributed by atoms with E-state index in [0.29, 0.717) is 17.1 Å². The van der Waals surface area contributed by atoms with Crippen molar-refractivity contribution in [1.29, 1.82) is 0 Å². The lowest BCUT2D eigenvalue weighted by atomic mass is 10.2. The van der Waals surface area contributed by atoms with Gasteiger partial charge in [0.25, 0.3) is 5.91 Å². The number of alkyl halides is 1. The van der Waals surface area contributed by atoms with E-state index in [1.807, 2.05) is 6.92 Å². The molecule has 0 heterocycles. The molecule has 0 aliphatic heterocycles. The normalized spacial score (nSPS) is 12.2. The van der Waals surface area contributed by atoms with Gasteiger partial charge in [-0.25, -0.2) is 0 Å². The highest BCUT2D eigenvalue weighted by molar-refractivity contribution is 9.10. The minimum Gasteiger partial charge on any atom is -0.351 e. The molecule has 0 saturated heterocycles. The van der Waals surface area contributed by atoms with E-state index in [1.165, 1.54) is 0 Å². The summed E-state index contributed by atoms with van der Waals surface area (Å²) in [7, 11) is 0. The first-order chi connectivity index (χ1) is 7.52. The molecule has 0 fully saturated rings. The van der Waals surface area contributed by atoms with Crippen molar-refractivity contribution in [1.82, 2.24) is 5.32 Å². The predicted octanol–water partition coefficient (Wildman–Crippen LogP) is 3.85.